The second-order valence-electron chi connectivity index (χ2n) is 9.98. The summed E-state index contributed by atoms with van der Waals surface area (Å²) in [7, 11) is 4.02. The maximum Gasteiger partial charge on any atom is 0.338 e. The Labute approximate surface area is 239 Å². The van der Waals surface area contributed by atoms with E-state index in [0.717, 1.165) is 50.3 Å². The maximum atomic E-state index is 11.2. The van der Waals surface area contributed by atoms with Gasteiger partial charge in [0.2, 0.25) is 5.75 Å². The van der Waals surface area contributed by atoms with Crippen molar-refractivity contribution in [2.75, 3.05) is 19.0 Å². The SMILES string of the molecule is C=c1cc2c(c3ccccc13)=Nc1ccc(N(C)C)cc1O2.C=c1ccc2c(c1)Oc1c(O)c(O)cc(C(=O)O)c1N=2. The molecule has 5 aromatic rings. The number of phenols is 2. The molecule has 9 nitrogen and oxygen atoms in total. The minimum absolute atomic E-state index is 0.0305. The van der Waals surface area contributed by atoms with Crippen LogP contribution in [0.3, 0.4) is 0 Å². The lowest BCUT2D eigenvalue weighted by Crippen LogP contribution is -2.16. The number of carbonyl (C=O) groups is 1. The van der Waals surface area contributed by atoms with Crippen LogP contribution in [0.5, 0.6) is 34.5 Å². The first-order valence-corrected chi connectivity index (χ1v) is 12.9. The monoisotopic (exact) mass is 559 g/mol. The van der Waals surface area contributed by atoms with Gasteiger partial charge in [0.25, 0.3) is 0 Å². The molecular formula is C33H25N3O6. The number of nitrogens with zero attached hydrogens (tertiary/aromatic N) is 3. The first-order valence-electron chi connectivity index (χ1n) is 12.9. The molecule has 0 aliphatic carbocycles. The van der Waals surface area contributed by atoms with Gasteiger partial charge in [-0.25, -0.2) is 14.8 Å². The van der Waals surface area contributed by atoms with E-state index in [4.69, 9.17) is 19.6 Å². The molecular weight excluding hydrogens is 534 g/mol. The molecule has 0 saturated carbocycles. The Balaban J connectivity index is 0.000000151. The van der Waals surface area contributed by atoms with Crippen molar-refractivity contribution in [3.63, 3.8) is 0 Å². The van der Waals surface area contributed by atoms with E-state index >= 15 is 0 Å². The number of anilines is 1. The summed E-state index contributed by atoms with van der Waals surface area (Å²) in [6, 6.07) is 22.1. The topological polar surface area (TPSA) is 124 Å². The van der Waals surface area contributed by atoms with Crippen LogP contribution in [0, 0.1) is 0 Å². The number of hydrogen-bond donors (Lipinski definition) is 3. The predicted molar refractivity (Wildman–Crippen MR) is 160 cm³/mol. The number of aromatic carboxylic acids is 1. The lowest BCUT2D eigenvalue weighted by atomic mass is 10.1. The van der Waals surface area contributed by atoms with Crippen LogP contribution in [-0.2, 0) is 0 Å². The van der Waals surface area contributed by atoms with Gasteiger partial charge < -0.3 is 29.7 Å². The number of carboxylic acid groups (broad SMARTS) is 1. The Morgan fingerprint density at radius 2 is 1.60 bits per heavy atom. The number of hydrogen-bond acceptors (Lipinski definition) is 8. The largest absolute Gasteiger partial charge is 0.504 e. The van der Waals surface area contributed by atoms with E-state index in [0.29, 0.717) is 16.3 Å². The van der Waals surface area contributed by atoms with Crippen molar-refractivity contribution in [1.82, 2.24) is 0 Å². The molecule has 3 N–H and O–H groups in total. The molecule has 9 heteroatoms. The molecule has 2 aliphatic heterocycles. The standard InChI is InChI=1S/C19H16N2O.C14H9NO5/c1-12-10-18-19(15-7-5-4-6-14(12)15)20-16-9-8-13(21(2)3)11-17(16)22-18;1-6-2-3-8-10(4-6)20-13-11(15-8)7(14(18)19)5-9(16)12(13)17/h4-11H,1H2,2-3H3;2-5,16-17H,1H2,(H,18,19). The summed E-state index contributed by atoms with van der Waals surface area (Å²) in [6.07, 6.45) is 0. The third kappa shape index (κ3) is 4.52. The van der Waals surface area contributed by atoms with Crippen LogP contribution in [0.25, 0.3) is 23.9 Å². The molecule has 0 amide bonds. The molecule has 0 unspecified atom stereocenters. The number of carboxylic acids is 1. The van der Waals surface area contributed by atoms with Gasteiger partial charge >= 0.3 is 5.97 Å². The van der Waals surface area contributed by atoms with Crippen molar-refractivity contribution < 1.29 is 29.6 Å². The smallest absolute Gasteiger partial charge is 0.338 e. The Bertz CT molecular complexity index is 2180. The highest BCUT2D eigenvalue weighted by atomic mass is 16.5. The Morgan fingerprint density at radius 3 is 2.33 bits per heavy atom. The molecule has 0 fully saturated rings. The van der Waals surface area contributed by atoms with Crippen LogP contribution in [0.2, 0.25) is 0 Å². The van der Waals surface area contributed by atoms with Crippen LogP contribution in [0.1, 0.15) is 10.4 Å². The predicted octanol–water partition coefficient (Wildman–Crippen LogP) is 4.64. The molecule has 0 radical (unpaired) electrons. The average Bonchev–Trinajstić information content (AvgIpc) is 2.97. The number of phenolic OH excluding ortho intramolecular Hbond substituents is 2. The fourth-order valence-corrected chi connectivity index (χ4v) is 4.75. The van der Waals surface area contributed by atoms with E-state index in [1.807, 2.05) is 49.3 Å². The number of rotatable bonds is 2. The molecule has 0 bridgehead atoms. The number of benzene rings is 5. The summed E-state index contributed by atoms with van der Waals surface area (Å²) in [5, 5.41) is 33.6. The van der Waals surface area contributed by atoms with Gasteiger partial charge in [-0.1, -0.05) is 43.5 Å². The average molecular weight is 560 g/mol. The zero-order valence-corrected chi connectivity index (χ0v) is 22.8. The molecule has 7 rings (SSSR count). The van der Waals surface area contributed by atoms with Crippen LogP contribution in [0.15, 0.2) is 82.8 Å². The van der Waals surface area contributed by atoms with Crippen molar-refractivity contribution in [2.24, 2.45) is 9.98 Å². The third-order valence-electron chi connectivity index (χ3n) is 6.89. The van der Waals surface area contributed by atoms with Crippen molar-refractivity contribution in [3.8, 4) is 34.5 Å². The molecule has 0 atom stereocenters. The highest BCUT2D eigenvalue weighted by molar-refractivity contribution is 5.97. The summed E-state index contributed by atoms with van der Waals surface area (Å²) < 4.78 is 11.6. The van der Waals surface area contributed by atoms with E-state index in [9.17, 15) is 15.0 Å². The molecule has 0 aromatic heterocycles. The zero-order valence-electron chi connectivity index (χ0n) is 22.8. The van der Waals surface area contributed by atoms with Gasteiger partial charge in [0.15, 0.2) is 28.7 Å². The first-order chi connectivity index (χ1) is 20.1. The molecule has 2 heterocycles. The zero-order chi connectivity index (χ0) is 29.7. The second-order valence-corrected chi connectivity index (χ2v) is 9.98. The van der Waals surface area contributed by atoms with E-state index in [1.165, 1.54) is 0 Å². The lowest BCUT2D eigenvalue weighted by Gasteiger charge is -2.19. The summed E-state index contributed by atoms with van der Waals surface area (Å²) in [6.45, 7) is 7.87. The second kappa shape index (κ2) is 9.97. The minimum atomic E-state index is -1.28. The Kier molecular flexibility index (Phi) is 6.27. The highest BCUT2D eigenvalue weighted by Gasteiger charge is 2.26. The summed E-state index contributed by atoms with van der Waals surface area (Å²) in [5.74, 6) is -0.691. The third-order valence-corrected chi connectivity index (χ3v) is 6.89. The molecule has 2 aliphatic rings. The molecule has 5 aromatic carbocycles. The molecule has 0 saturated heterocycles. The van der Waals surface area contributed by atoms with Crippen molar-refractivity contribution in [2.45, 2.75) is 0 Å². The van der Waals surface area contributed by atoms with Gasteiger partial charge in [-0.2, -0.15) is 0 Å². The Hall–Kier alpha value is -5.83. The van der Waals surface area contributed by atoms with E-state index in [-0.39, 0.29) is 17.0 Å². The highest BCUT2D eigenvalue weighted by Crippen LogP contribution is 2.48. The van der Waals surface area contributed by atoms with Gasteiger partial charge in [0.1, 0.15) is 22.1 Å². The van der Waals surface area contributed by atoms with Crippen molar-refractivity contribution >= 4 is 47.0 Å². The lowest BCUT2D eigenvalue weighted by molar-refractivity contribution is 0.0697. The number of fused-ring (bicyclic) bond motifs is 6. The van der Waals surface area contributed by atoms with Gasteiger partial charge in [-0.15, -0.1) is 0 Å². The Morgan fingerprint density at radius 1 is 0.833 bits per heavy atom. The molecule has 0 spiro atoms. The van der Waals surface area contributed by atoms with Crippen molar-refractivity contribution in [3.05, 3.63) is 99.5 Å². The van der Waals surface area contributed by atoms with E-state index < -0.39 is 17.5 Å². The summed E-state index contributed by atoms with van der Waals surface area (Å²) >= 11 is 0. The van der Waals surface area contributed by atoms with Gasteiger partial charge in [0.05, 0.1) is 5.56 Å². The number of aromatic hydroxyl groups is 2. The summed E-state index contributed by atoms with van der Waals surface area (Å²) in [5.41, 5.74) is 1.67. The maximum absolute atomic E-state index is 11.2. The van der Waals surface area contributed by atoms with E-state index in [1.54, 1.807) is 18.2 Å². The first kappa shape index (κ1) is 26.4. The summed E-state index contributed by atoms with van der Waals surface area (Å²) in [4.78, 5) is 22.2. The van der Waals surface area contributed by atoms with Crippen molar-refractivity contribution in [1.29, 1.82) is 0 Å². The van der Waals surface area contributed by atoms with Gasteiger partial charge in [-0.05, 0) is 46.2 Å². The fourth-order valence-electron chi connectivity index (χ4n) is 4.75. The van der Waals surface area contributed by atoms with Crippen LogP contribution >= 0.6 is 0 Å². The minimum Gasteiger partial charge on any atom is -0.504 e. The normalized spacial score (nSPS) is 12.0. The van der Waals surface area contributed by atoms with Gasteiger partial charge in [0, 0.05) is 37.3 Å². The fraction of sp³-hybridized carbons (Fsp3) is 0.0606. The number of ether oxygens (including phenoxy) is 2. The molecule has 208 valence electrons. The van der Waals surface area contributed by atoms with Gasteiger partial charge in [-0.3, -0.25) is 0 Å². The van der Waals surface area contributed by atoms with Crippen LogP contribution in [-0.4, -0.2) is 35.4 Å². The van der Waals surface area contributed by atoms with E-state index in [2.05, 4.69) is 36.3 Å². The van der Waals surface area contributed by atoms with Crippen LogP contribution in [0.4, 0.5) is 17.1 Å². The quantitative estimate of drug-likeness (QED) is 0.264. The molecule has 42 heavy (non-hydrogen) atoms. The van der Waals surface area contributed by atoms with Crippen LogP contribution < -0.4 is 35.5 Å².